The lowest BCUT2D eigenvalue weighted by Gasteiger charge is -2.52. The molecule has 127 heavy (non-hydrogen) atoms. The number of ether oxygens (including phenoxy) is 16. The Kier molecular flexibility index (Phi) is 33.3. The molecule has 0 amide bonds. The van der Waals surface area contributed by atoms with E-state index in [9.17, 15) is 15.9 Å². The SMILES string of the molecule is CO[C@H]1OC(CO[Si](c2ccccc2)(c2ccccc2)C(C)(C)C)[C@@H](O[C@@H]2OC(C)[C@@H](O[C@H]3OC(CO[Si](c4ccccc4)(c4ccccc4)C(C)(C)C)[C@@H](O[C@@H]4OC(C)C(O[C@@H]5OC(COC(C)=O)[C@@H](O[C@@H]6OC(C)[C@@H](C)[C@@H](OCc7ccccc7)C6C)[C@H](C)C5N=[N+]=[N-])[C@@H](OCc5ccccc5)C4C)[C@H](C)C3N=[N+]=[N-])[C@@H](OCc3ccccc3)C2C)[C@H](C)C1C. The number of methoxy groups -OCH3 is 1. The fourth-order valence-electron chi connectivity index (χ4n) is 19.9. The van der Waals surface area contributed by atoms with E-state index in [-0.39, 0.29) is 74.0 Å². The molecule has 13 rings (SSSR count). The van der Waals surface area contributed by atoms with Gasteiger partial charge in [-0.2, -0.15) is 0 Å². The summed E-state index contributed by atoms with van der Waals surface area (Å²) in [5.74, 6) is -3.50. The lowest BCUT2D eigenvalue weighted by molar-refractivity contribution is -0.370. The third-order valence-electron chi connectivity index (χ3n) is 27.3. The lowest BCUT2D eigenvalue weighted by atomic mass is 9.84. The second kappa shape index (κ2) is 43.6. The molecule has 0 aliphatic carbocycles. The summed E-state index contributed by atoms with van der Waals surface area (Å²) < 4.78 is 128. The van der Waals surface area contributed by atoms with Gasteiger partial charge in [0.05, 0.1) is 100 Å². The molecule has 6 fully saturated rings. The number of hydrogen-bond acceptors (Lipinski definition) is 21. The van der Waals surface area contributed by atoms with Crippen LogP contribution in [0.2, 0.25) is 10.1 Å². The minimum atomic E-state index is -3.38. The van der Waals surface area contributed by atoms with E-state index in [2.05, 4.69) is 162 Å². The summed E-state index contributed by atoms with van der Waals surface area (Å²) in [5.41, 5.74) is 24.4. The van der Waals surface area contributed by atoms with Crippen molar-refractivity contribution >= 4 is 43.4 Å². The van der Waals surface area contributed by atoms with Gasteiger partial charge in [-0.25, -0.2) is 0 Å². The number of carbonyl (C=O) groups excluding carboxylic acids is 1. The number of rotatable bonds is 34. The van der Waals surface area contributed by atoms with Crippen molar-refractivity contribution in [3.8, 4) is 0 Å². The molecule has 0 aromatic heterocycles. The van der Waals surface area contributed by atoms with Crippen LogP contribution in [0.15, 0.2) is 223 Å². The van der Waals surface area contributed by atoms with E-state index < -0.39 is 174 Å². The first-order valence-electron chi connectivity index (χ1n) is 45.4. The Hall–Kier alpha value is -7.62. The lowest BCUT2D eigenvalue weighted by Crippen LogP contribution is -2.68. The van der Waals surface area contributed by atoms with Crippen LogP contribution in [0.25, 0.3) is 20.9 Å². The zero-order chi connectivity index (χ0) is 90.5. The number of esters is 1. The van der Waals surface area contributed by atoms with Gasteiger partial charge < -0.3 is 84.6 Å². The van der Waals surface area contributed by atoms with Gasteiger partial charge >= 0.3 is 5.97 Å². The predicted molar refractivity (Wildman–Crippen MR) is 488 cm³/mol. The Morgan fingerprint density at radius 2 is 0.630 bits per heavy atom. The highest BCUT2D eigenvalue weighted by Crippen LogP contribution is 2.47. The van der Waals surface area contributed by atoms with E-state index in [0.29, 0.717) is 6.61 Å². The van der Waals surface area contributed by atoms with Gasteiger partial charge in [-0.1, -0.05) is 319 Å². The van der Waals surface area contributed by atoms with E-state index in [4.69, 9.17) is 84.6 Å². The van der Waals surface area contributed by atoms with E-state index in [1.165, 1.54) is 6.92 Å². The molecule has 30 atom stereocenters. The third-order valence-corrected chi connectivity index (χ3v) is 37.3. The number of benzene rings is 7. The zero-order valence-electron chi connectivity index (χ0n) is 77.2. The molecule has 7 aromatic carbocycles. The van der Waals surface area contributed by atoms with Crippen LogP contribution in [0, 0.1) is 47.3 Å². The van der Waals surface area contributed by atoms with Crippen molar-refractivity contribution in [1.29, 1.82) is 0 Å². The predicted octanol–water partition coefficient (Wildman–Crippen LogP) is 16.9. The molecule has 6 saturated heterocycles. The highest BCUT2D eigenvalue weighted by Gasteiger charge is 2.59. The monoisotopic (exact) mass is 1780 g/mol. The first kappa shape index (κ1) is 96.9. The Bertz CT molecular complexity index is 4570. The average Bonchev–Trinajstić information content (AvgIpc) is 0.744. The van der Waals surface area contributed by atoms with Crippen LogP contribution in [0.1, 0.15) is 141 Å². The summed E-state index contributed by atoms with van der Waals surface area (Å²) in [5, 5.41) is 12.6. The molecule has 0 spiro atoms. The molecule has 0 bridgehead atoms. The van der Waals surface area contributed by atoms with Gasteiger partial charge in [-0.15, -0.1) is 0 Å². The Morgan fingerprint density at radius 3 is 0.953 bits per heavy atom. The van der Waals surface area contributed by atoms with Crippen LogP contribution in [-0.2, 0) is 109 Å². The second-order valence-corrected chi connectivity index (χ2v) is 46.4. The first-order chi connectivity index (χ1) is 61.0. The summed E-state index contributed by atoms with van der Waals surface area (Å²) >= 11 is 0. The van der Waals surface area contributed by atoms with Crippen molar-refractivity contribution in [3.63, 3.8) is 0 Å². The molecular formula is C100H134N6O19Si2. The quantitative estimate of drug-likeness (QED) is 0.0119. The van der Waals surface area contributed by atoms with Gasteiger partial charge in [-0.3, -0.25) is 4.79 Å². The average molecular weight is 1780 g/mol. The van der Waals surface area contributed by atoms with Crippen molar-refractivity contribution < 1.29 is 89.4 Å². The molecule has 27 heteroatoms. The smallest absolute Gasteiger partial charge is 0.302 e. The Morgan fingerprint density at radius 1 is 0.339 bits per heavy atom. The van der Waals surface area contributed by atoms with Crippen LogP contribution in [0.3, 0.4) is 0 Å². The molecule has 25 nitrogen and oxygen atoms in total. The van der Waals surface area contributed by atoms with Gasteiger partial charge in [-0.05, 0) is 97.1 Å². The summed E-state index contributed by atoms with van der Waals surface area (Å²) in [7, 11) is -4.80. The molecule has 6 aliphatic heterocycles. The highest BCUT2D eigenvalue weighted by molar-refractivity contribution is 7.00. The zero-order valence-corrected chi connectivity index (χ0v) is 79.2. The minimum absolute atomic E-state index is 0.00609. The summed E-state index contributed by atoms with van der Waals surface area (Å²) in [4.78, 5) is 19.8. The summed E-state index contributed by atoms with van der Waals surface area (Å²) in [6.45, 7) is 37.7. The third kappa shape index (κ3) is 21.9. The Labute approximate surface area is 752 Å². The summed E-state index contributed by atoms with van der Waals surface area (Å²) in [6.07, 6.45) is -16.2. The van der Waals surface area contributed by atoms with Crippen LogP contribution in [-0.4, -0.2) is 185 Å². The van der Waals surface area contributed by atoms with E-state index >= 15 is 0 Å². The van der Waals surface area contributed by atoms with Crippen molar-refractivity contribution in [2.24, 2.45) is 57.6 Å². The number of carbonyl (C=O) groups is 1. The van der Waals surface area contributed by atoms with Crippen molar-refractivity contribution in [2.45, 2.75) is 290 Å². The standard InChI is InChI=1S/C100H134N6O19Si2/c1-61-62(2)93(108-19)118-81(59-113-126(99(13,14)15,76-47-33-23-34-48-76)77-49-35-24-36-50-77)86(61)121-95-67(7)89(111-56-74-43-29-21-30-44-74)92(70(10)116-95)125-98-84(104-106-102)65(5)88(82(120-98)60-114-127(100(16,17)18,78-51-37-25-38-52-78)79-53-39-26-40-54-79)123-96-68(8)90(112-57-75-45-31-22-32-46-75)91(71(11)117-96)124-97-83(103-105-101)64(4)87(80(119-97)58-109-72(12)107)122-94-66(6)85(63(3)69(9)115-94)110-55-73-41-27-20-28-42-73/h20-54,61-71,80-98H,55-60H2,1-19H3/t61-,62?,63-,64-,65-,66?,67?,68?,69?,70?,71?,80?,81?,82?,83?,84?,85-,86+,87+,88+,89+,90+,91?,92-,93+,94+,95+,96+,97+,98-/m1/s1. The van der Waals surface area contributed by atoms with Crippen molar-refractivity contribution in [1.82, 2.24) is 0 Å². The molecule has 6 heterocycles. The Balaban J connectivity index is 0.821. The van der Waals surface area contributed by atoms with Gasteiger partial charge in [0.1, 0.15) is 37.1 Å². The van der Waals surface area contributed by atoms with Gasteiger partial charge in [0.2, 0.25) is 0 Å². The number of azide groups is 2. The van der Waals surface area contributed by atoms with Crippen LogP contribution in [0.4, 0.5) is 0 Å². The van der Waals surface area contributed by atoms with E-state index in [1.54, 1.807) is 7.11 Å². The number of hydrogen-bond donors (Lipinski definition) is 0. The largest absolute Gasteiger partial charge is 0.463 e. The molecular weight excluding hydrogens is 1650 g/mol. The van der Waals surface area contributed by atoms with Crippen LogP contribution >= 0.6 is 0 Å². The molecule has 0 N–H and O–H groups in total. The van der Waals surface area contributed by atoms with Crippen LogP contribution in [0.5, 0.6) is 0 Å². The maximum absolute atomic E-state index is 12.8. The molecule has 0 radical (unpaired) electrons. The molecule has 0 saturated carbocycles. The normalized spacial score (nSPS) is 33.9. The molecule has 686 valence electrons. The van der Waals surface area contributed by atoms with Crippen molar-refractivity contribution in [3.05, 3.63) is 250 Å². The number of nitrogens with zero attached hydrogens (tertiary/aromatic N) is 6. The van der Waals surface area contributed by atoms with E-state index in [1.807, 2.05) is 188 Å². The summed E-state index contributed by atoms with van der Waals surface area (Å²) in [6, 6.07) is 69.8. The molecule has 7 aromatic rings. The molecule has 13 unspecified atom stereocenters. The fourth-order valence-corrected chi connectivity index (χ4v) is 29.1. The minimum Gasteiger partial charge on any atom is -0.463 e. The maximum Gasteiger partial charge on any atom is 0.302 e. The topological polar surface area (TPSA) is 281 Å². The highest BCUT2D eigenvalue weighted by atomic mass is 28.4. The van der Waals surface area contributed by atoms with Gasteiger partial charge in [0.15, 0.2) is 37.7 Å². The van der Waals surface area contributed by atoms with Gasteiger partial charge in [0, 0.05) is 53.4 Å². The second-order valence-electron chi connectivity index (χ2n) is 37.8. The maximum atomic E-state index is 12.8. The van der Waals surface area contributed by atoms with Gasteiger partial charge in [0.25, 0.3) is 16.6 Å². The van der Waals surface area contributed by atoms with E-state index in [0.717, 1.165) is 37.4 Å². The first-order valence-corrected chi connectivity index (χ1v) is 49.2. The molecule has 6 aliphatic rings. The van der Waals surface area contributed by atoms with Crippen molar-refractivity contribution in [2.75, 3.05) is 26.9 Å². The van der Waals surface area contributed by atoms with Crippen LogP contribution < -0.4 is 20.7 Å². The fraction of sp³-hybridized carbons (Fsp3) is 0.570.